The maximum absolute atomic E-state index is 12.1. The third-order valence-electron chi connectivity index (χ3n) is 2.87. The van der Waals surface area contributed by atoms with Gasteiger partial charge in [0.25, 0.3) is 11.8 Å². The van der Waals surface area contributed by atoms with Crippen LogP contribution >= 0.6 is 0 Å². The lowest BCUT2D eigenvalue weighted by molar-refractivity contribution is -0.0168. The van der Waals surface area contributed by atoms with Crippen LogP contribution in [0.15, 0.2) is 36.4 Å². The Morgan fingerprint density at radius 1 is 1.00 bits per heavy atom. The van der Waals surface area contributed by atoms with Crippen LogP contribution in [0.2, 0.25) is 0 Å². The van der Waals surface area contributed by atoms with Crippen molar-refractivity contribution in [2.75, 3.05) is 0 Å². The van der Waals surface area contributed by atoms with Crippen LogP contribution in [0.1, 0.15) is 20.7 Å². The average Bonchev–Trinajstić information content (AvgIpc) is 2.40. The fraction of sp³-hybridized carbons (Fsp3) is 0. The second-order valence-electron chi connectivity index (χ2n) is 3.89. The first kappa shape index (κ1) is 12.0. The molecule has 1 unspecified atom stereocenters. The third kappa shape index (κ3) is 1.75. The van der Waals surface area contributed by atoms with Crippen molar-refractivity contribution in [3.63, 3.8) is 0 Å². The van der Waals surface area contributed by atoms with Gasteiger partial charge in [0, 0.05) is 5.39 Å². The molecule has 0 saturated carbocycles. The highest BCUT2D eigenvalue weighted by Gasteiger charge is 2.34. The number of benzene rings is 2. The fourth-order valence-corrected chi connectivity index (χ4v) is 2.39. The highest BCUT2D eigenvalue weighted by atomic mass is 32.2. The van der Waals surface area contributed by atoms with Gasteiger partial charge in [-0.05, 0) is 17.5 Å². The Labute approximate surface area is 110 Å². The predicted molar refractivity (Wildman–Crippen MR) is 64.5 cm³/mol. The van der Waals surface area contributed by atoms with Crippen molar-refractivity contribution < 1.29 is 22.6 Å². The highest BCUT2D eigenvalue weighted by Crippen LogP contribution is 2.30. The van der Waals surface area contributed by atoms with E-state index in [2.05, 4.69) is 4.28 Å². The lowest BCUT2D eigenvalue weighted by Crippen LogP contribution is -2.40. The van der Waals surface area contributed by atoms with Gasteiger partial charge in [-0.3, -0.25) is 9.59 Å². The largest absolute Gasteiger partial charge is 0.748 e. The van der Waals surface area contributed by atoms with Crippen molar-refractivity contribution in [1.82, 2.24) is 5.06 Å². The molecule has 6 nitrogen and oxygen atoms in total. The number of rotatable bonds is 2. The first-order valence-corrected chi connectivity index (χ1v) is 6.28. The Balaban J connectivity index is 2.28. The zero-order chi connectivity index (χ0) is 13.6. The second-order valence-corrected chi connectivity index (χ2v) is 4.45. The van der Waals surface area contributed by atoms with E-state index >= 15 is 0 Å². The van der Waals surface area contributed by atoms with E-state index in [0.29, 0.717) is 5.39 Å². The number of carbonyl (C=O) groups is 2. The summed E-state index contributed by atoms with van der Waals surface area (Å²) in [7, 11) is 0. The van der Waals surface area contributed by atoms with Crippen molar-refractivity contribution in [2.24, 2.45) is 0 Å². The van der Waals surface area contributed by atoms with E-state index in [9.17, 15) is 18.4 Å². The minimum Gasteiger partial charge on any atom is -0.748 e. The Morgan fingerprint density at radius 3 is 2.00 bits per heavy atom. The van der Waals surface area contributed by atoms with Crippen molar-refractivity contribution in [3.8, 4) is 0 Å². The molecule has 0 radical (unpaired) electrons. The van der Waals surface area contributed by atoms with Crippen LogP contribution in [-0.4, -0.2) is 25.6 Å². The molecular formula is C12H6NO5S-. The van der Waals surface area contributed by atoms with Crippen molar-refractivity contribution >= 4 is 33.9 Å². The van der Waals surface area contributed by atoms with Gasteiger partial charge in [0.05, 0.1) is 11.1 Å². The SMILES string of the molecule is O=C1c2cccc3cccc(c23)C(=O)N1OS(=O)[O-]. The van der Waals surface area contributed by atoms with Gasteiger partial charge < -0.3 is 4.55 Å². The maximum atomic E-state index is 12.1. The van der Waals surface area contributed by atoms with Gasteiger partial charge in [-0.25, -0.2) is 4.21 Å². The Morgan fingerprint density at radius 2 is 1.53 bits per heavy atom. The Bertz CT molecular complexity index is 691. The maximum Gasteiger partial charge on any atom is 0.286 e. The quantitative estimate of drug-likeness (QED) is 0.606. The van der Waals surface area contributed by atoms with Crippen LogP contribution in [-0.2, 0) is 15.6 Å². The lowest BCUT2D eigenvalue weighted by Gasteiger charge is -2.25. The molecule has 0 N–H and O–H groups in total. The summed E-state index contributed by atoms with van der Waals surface area (Å²) in [5.74, 6) is -1.59. The van der Waals surface area contributed by atoms with E-state index in [0.717, 1.165) is 5.39 Å². The predicted octanol–water partition coefficient (Wildman–Crippen LogP) is 1.16. The van der Waals surface area contributed by atoms with Crippen LogP contribution in [0.4, 0.5) is 0 Å². The minimum absolute atomic E-state index is 0.234. The number of hydrogen-bond acceptors (Lipinski definition) is 5. The summed E-state index contributed by atoms with van der Waals surface area (Å²) >= 11 is -3.00. The van der Waals surface area contributed by atoms with Crippen LogP contribution < -0.4 is 0 Å². The highest BCUT2D eigenvalue weighted by molar-refractivity contribution is 7.74. The van der Waals surface area contributed by atoms with Crippen LogP contribution in [0.5, 0.6) is 0 Å². The molecule has 2 aromatic rings. The zero-order valence-electron chi connectivity index (χ0n) is 9.36. The summed E-state index contributed by atoms with van der Waals surface area (Å²) < 4.78 is 25.3. The van der Waals surface area contributed by atoms with Crippen molar-refractivity contribution in [1.29, 1.82) is 0 Å². The Hall–Kier alpha value is -2.09. The molecule has 19 heavy (non-hydrogen) atoms. The number of carbonyl (C=O) groups excluding carboxylic acids is 2. The first-order chi connectivity index (χ1) is 9.09. The average molecular weight is 276 g/mol. The van der Waals surface area contributed by atoms with Crippen LogP contribution in [0, 0.1) is 0 Å². The molecule has 7 heteroatoms. The molecule has 1 aliphatic heterocycles. The number of nitrogens with zero attached hydrogens (tertiary/aromatic N) is 1. The molecule has 96 valence electrons. The molecule has 0 aromatic heterocycles. The van der Waals surface area contributed by atoms with Crippen LogP contribution in [0.3, 0.4) is 0 Å². The number of amides is 2. The molecular weight excluding hydrogens is 270 g/mol. The molecule has 0 fully saturated rings. The van der Waals surface area contributed by atoms with E-state index < -0.39 is 23.2 Å². The van der Waals surface area contributed by atoms with E-state index in [1.165, 1.54) is 12.1 Å². The molecule has 0 bridgehead atoms. The lowest BCUT2D eigenvalue weighted by atomic mass is 9.95. The third-order valence-corrected chi connectivity index (χ3v) is 3.14. The molecule has 1 aliphatic rings. The summed E-state index contributed by atoms with van der Waals surface area (Å²) in [5.41, 5.74) is 0.469. The summed E-state index contributed by atoms with van der Waals surface area (Å²) in [6.07, 6.45) is 0. The Kier molecular flexibility index (Phi) is 2.67. The smallest absolute Gasteiger partial charge is 0.286 e. The summed E-state index contributed by atoms with van der Waals surface area (Å²) in [6, 6.07) is 9.88. The van der Waals surface area contributed by atoms with E-state index in [4.69, 9.17) is 0 Å². The zero-order valence-corrected chi connectivity index (χ0v) is 10.2. The van der Waals surface area contributed by atoms with Gasteiger partial charge in [-0.2, -0.15) is 4.28 Å². The molecule has 2 aromatic carbocycles. The number of imide groups is 1. The van der Waals surface area contributed by atoms with Gasteiger partial charge in [0.1, 0.15) is 11.4 Å². The number of hydrogen-bond donors (Lipinski definition) is 0. The molecule has 1 atom stereocenters. The van der Waals surface area contributed by atoms with E-state index in [1.54, 1.807) is 24.3 Å². The summed E-state index contributed by atoms with van der Waals surface area (Å²) in [5, 5.41) is 1.50. The molecule has 3 rings (SSSR count). The molecule has 2 amide bonds. The number of hydroxylamine groups is 2. The van der Waals surface area contributed by atoms with Crippen LogP contribution in [0.25, 0.3) is 10.8 Å². The van der Waals surface area contributed by atoms with Crippen molar-refractivity contribution in [3.05, 3.63) is 47.5 Å². The van der Waals surface area contributed by atoms with Gasteiger partial charge in [-0.15, -0.1) is 5.06 Å². The molecule has 0 aliphatic carbocycles. The monoisotopic (exact) mass is 276 g/mol. The van der Waals surface area contributed by atoms with Gasteiger partial charge in [-0.1, -0.05) is 24.3 Å². The summed E-state index contributed by atoms with van der Waals surface area (Å²) in [4.78, 5) is 24.1. The van der Waals surface area contributed by atoms with E-state index in [1.807, 2.05) is 0 Å². The fourth-order valence-electron chi connectivity index (χ4n) is 2.14. The minimum atomic E-state index is -3.00. The van der Waals surface area contributed by atoms with Gasteiger partial charge in [0.15, 0.2) is 0 Å². The van der Waals surface area contributed by atoms with Crippen molar-refractivity contribution in [2.45, 2.75) is 0 Å². The second kappa shape index (κ2) is 4.23. The van der Waals surface area contributed by atoms with Gasteiger partial charge in [0.2, 0.25) is 0 Å². The first-order valence-electron chi connectivity index (χ1n) is 5.28. The molecule has 0 saturated heterocycles. The standard InChI is InChI=1S/C12H7NO5S/c14-11-8-5-1-3-7-4-2-6-9(10(7)8)12(15)13(11)18-19(16)17/h1-6H,(H,16,17)/p-1. The van der Waals surface area contributed by atoms with Gasteiger partial charge >= 0.3 is 0 Å². The molecule has 0 spiro atoms. The molecule has 1 heterocycles. The topological polar surface area (TPSA) is 86.7 Å². The van der Waals surface area contributed by atoms with E-state index in [-0.39, 0.29) is 16.2 Å². The normalized spacial score (nSPS) is 15.9. The summed E-state index contributed by atoms with van der Waals surface area (Å²) in [6.45, 7) is 0.